The third-order valence-electron chi connectivity index (χ3n) is 4.98. The second-order valence-electron chi connectivity index (χ2n) is 8.38. The maximum Gasteiger partial charge on any atom is 0.341 e. The van der Waals surface area contributed by atoms with Crippen LogP contribution in [0.15, 0.2) is 48.7 Å². The van der Waals surface area contributed by atoms with Crippen LogP contribution in [0, 0.1) is 0 Å². The first-order valence-electron chi connectivity index (χ1n) is 10.0. The van der Waals surface area contributed by atoms with Crippen molar-refractivity contribution in [2.45, 2.75) is 39.2 Å². The molecular formula is C24H27ClN2O4. The summed E-state index contributed by atoms with van der Waals surface area (Å²) < 4.78 is 5.24. The van der Waals surface area contributed by atoms with Crippen molar-refractivity contribution in [2.75, 3.05) is 11.9 Å². The first-order chi connectivity index (χ1) is 14.6. The van der Waals surface area contributed by atoms with Gasteiger partial charge in [-0.25, -0.2) is 4.79 Å². The normalized spacial score (nSPS) is 11.4. The van der Waals surface area contributed by atoms with E-state index in [0.29, 0.717) is 29.2 Å². The molecule has 0 bridgehead atoms. The summed E-state index contributed by atoms with van der Waals surface area (Å²) in [6.07, 6.45) is 2.38. The van der Waals surface area contributed by atoms with E-state index in [0.717, 1.165) is 11.3 Å². The van der Waals surface area contributed by atoms with Gasteiger partial charge in [-0.3, -0.25) is 0 Å². The lowest BCUT2D eigenvalue weighted by Gasteiger charge is -2.21. The molecule has 4 N–H and O–H groups in total. The van der Waals surface area contributed by atoms with Gasteiger partial charge in [0.15, 0.2) is 0 Å². The molecule has 0 aliphatic heterocycles. The van der Waals surface area contributed by atoms with Gasteiger partial charge >= 0.3 is 5.97 Å². The number of anilines is 1. The molecule has 0 saturated heterocycles. The van der Waals surface area contributed by atoms with Crippen LogP contribution in [0.1, 0.15) is 48.0 Å². The van der Waals surface area contributed by atoms with Crippen molar-refractivity contribution < 1.29 is 19.7 Å². The summed E-state index contributed by atoms with van der Waals surface area (Å²) in [6, 6.07) is 12.1. The number of aromatic nitrogens is 1. The fourth-order valence-corrected chi connectivity index (χ4v) is 3.33. The highest BCUT2D eigenvalue weighted by Gasteiger charge is 2.18. The van der Waals surface area contributed by atoms with Gasteiger partial charge in [0.25, 0.3) is 0 Å². The standard InChI is InChI=1S/C24H27ClN2O4/c1-24(2,3)16-11-15(22(29)20(25)12-16)14-27-18-6-7-19(21(28)13-18)23(30)31-10-8-17-5-4-9-26-17/h4-7,9,11-13,26-29H,8,10,14H2,1-3H3. The number of rotatable bonds is 7. The minimum absolute atomic E-state index is 0.0219. The van der Waals surface area contributed by atoms with Gasteiger partial charge in [-0.1, -0.05) is 32.4 Å². The van der Waals surface area contributed by atoms with E-state index in [-0.39, 0.29) is 29.1 Å². The monoisotopic (exact) mass is 442 g/mol. The summed E-state index contributed by atoms with van der Waals surface area (Å²) in [7, 11) is 0. The summed E-state index contributed by atoms with van der Waals surface area (Å²) in [6.45, 7) is 6.72. The number of hydrogen-bond acceptors (Lipinski definition) is 5. The highest BCUT2D eigenvalue weighted by Crippen LogP contribution is 2.34. The number of esters is 1. The van der Waals surface area contributed by atoms with Crippen LogP contribution in [0.4, 0.5) is 5.69 Å². The van der Waals surface area contributed by atoms with Gasteiger partial charge in [-0.05, 0) is 47.4 Å². The molecule has 164 valence electrons. The predicted octanol–water partition coefficient (Wildman–Crippen LogP) is 5.39. The molecule has 0 amide bonds. The fourth-order valence-electron chi connectivity index (χ4n) is 3.09. The van der Waals surface area contributed by atoms with Gasteiger partial charge in [-0.2, -0.15) is 0 Å². The van der Waals surface area contributed by atoms with Crippen molar-refractivity contribution in [3.05, 3.63) is 76.1 Å². The van der Waals surface area contributed by atoms with Crippen LogP contribution in [0.5, 0.6) is 11.5 Å². The van der Waals surface area contributed by atoms with Gasteiger partial charge in [0.05, 0.1) is 11.6 Å². The van der Waals surface area contributed by atoms with Crippen LogP contribution in [-0.2, 0) is 23.1 Å². The molecule has 1 heterocycles. The number of benzene rings is 2. The summed E-state index contributed by atoms with van der Waals surface area (Å²) in [4.78, 5) is 15.3. The number of H-pyrrole nitrogens is 1. The third-order valence-corrected chi connectivity index (χ3v) is 5.26. The van der Waals surface area contributed by atoms with Gasteiger partial charge in [0, 0.05) is 42.2 Å². The highest BCUT2D eigenvalue weighted by molar-refractivity contribution is 6.32. The lowest BCUT2D eigenvalue weighted by molar-refractivity contribution is 0.0505. The Kier molecular flexibility index (Phi) is 6.81. The lowest BCUT2D eigenvalue weighted by atomic mass is 9.86. The van der Waals surface area contributed by atoms with Crippen LogP contribution in [0.2, 0.25) is 5.02 Å². The Labute approximate surface area is 186 Å². The summed E-state index contributed by atoms with van der Waals surface area (Å²) in [5, 5.41) is 24.0. The number of carbonyl (C=O) groups is 1. The minimum Gasteiger partial charge on any atom is -0.507 e. The highest BCUT2D eigenvalue weighted by atomic mass is 35.5. The zero-order valence-electron chi connectivity index (χ0n) is 17.8. The molecule has 0 atom stereocenters. The fraction of sp³-hybridized carbons (Fsp3) is 0.292. The number of hydrogen-bond donors (Lipinski definition) is 4. The molecule has 0 aliphatic rings. The van der Waals surface area contributed by atoms with E-state index >= 15 is 0 Å². The van der Waals surface area contributed by atoms with E-state index in [1.54, 1.807) is 12.1 Å². The van der Waals surface area contributed by atoms with Crippen LogP contribution in [-0.4, -0.2) is 27.8 Å². The van der Waals surface area contributed by atoms with Gasteiger partial charge in [-0.15, -0.1) is 0 Å². The SMILES string of the molecule is CC(C)(C)c1cc(Cl)c(O)c(CNc2ccc(C(=O)OCCc3ccc[nH]3)c(O)c2)c1. The maximum absolute atomic E-state index is 12.2. The average Bonchev–Trinajstić information content (AvgIpc) is 3.21. The predicted molar refractivity (Wildman–Crippen MR) is 122 cm³/mol. The number of phenolic OH excluding ortho intramolecular Hbond substituents is 2. The van der Waals surface area contributed by atoms with Crippen LogP contribution >= 0.6 is 11.6 Å². The molecule has 0 spiro atoms. The molecule has 3 aromatic rings. The number of aromatic hydroxyl groups is 2. The largest absolute Gasteiger partial charge is 0.507 e. The average molecular weight is 443 g/mol. The smallest absolute Gasteiger partial charge is 0.341 e. The minimum atomic E-state index is -0.585. The van der Waals surface area contributed by atoms with Crippen LogP contribution in [0.3, 0.4) is 0 Å². The van der Waals surface area contributed by atoms with Crippen molar-refractivity contribution in [2.24, 2.45) is 0 Å². The number of carbonyl (C=O) groups excluding carboxylic acids is 1. The second-order valence-corrected chi connectivity index (χ2v) is 8.79. The number of phenols is 2. The van der Waals surface area contributed by atoms with E-state index in [4.69, 9.17) is 16.3 Å². The zero-order chi connectivity index (χ0) is 22.6. The zero-order valence-corrected chi connectivity index (χ0v) is 18.6. The summed E-state index contributed by atoms with van der Waals surface area (Å²) in [5.41, 5.74) is 3.19. The topological polar surface area (TPSA) is 94.6 Å². The van der Waals surface area contributed by atoms with E-state index in [9.17, 15) is 15.0 Å². The number of halogens is 1. The van der Waals surface area contributed by atoms with Crippen molar-refractivity contribution >= 4 is 23.3 Å². The first kappa shape index (κ1) is 22.6. The van der Waals surface area contributed by atoms with E-state index in [1.165, 1.54) is 12.1 Å². The van der Waals surface area contributed by atoms with Crippen molar-refractivity contribution in [3.8, 4) is 11.5 Å². The van der Waals surface area contributed by atoms with Gasteiger partial charge in [0.1, 0.15) is 17.1 Å². The molecule has 31 heavy (non-hydrogen) atoms. The molecule has 7 heteroatoms. The number of aromatic amines is 1. The molecule has 6 nitrogen and oxygen atoms in total. The molecular weight excluding hydrogens is 416 g/mol. The molecule has 0 aliphatic carbocycles. The number of nitrogens with one attached hydrogen (secondary N) is 2. The molecule has 3 rings (SSSR count). The van der Waals surface area contributed by atoms with Crippen molar-refractivity contribution in [1.82, 2.24) is 4.98 Å². The first-order valence-corrected chi connectivity index (χ1v) is 10.4. The molecule has 0 unspecified atom stereocenters. The Bertz CT molecular complexity index is 1060. The van der Waals surface area contributed by atoms with E-state index in [2.05, 4.69) is 31.1 Å². The van der Waals surface area contributed by atoms with Crippen molar-refractivity contribution in [3.63, 3.8) is 0 Å². The Morgan fingerprint density at radius 2 is 1.94 bits per heavy atom. The lowest BCUT2D eigenvalue weighted by Crippen LogP contribution is -2.12. The molecule has 2 aromatic carbocycles. The van der Waals surface area contributed by atoms with Crippen LogP contribution < -0.4 is 5.32 Å². The quantitative estimate of drug-likeness (QED) is 0.368. The number of ether oxygens (including phenoxy) is 1. The molecule has 0 fully saturated rings. The Morgan fingerprint density at radius 3 is 2.58 bits per heavy atom. The Morgan fingerprint density at radius 1 is 1.16 bits per heavy atom. The Hall–Kier alpha value is -3.12. The van der Waals surface area contributed by atoms with Gasteiger partial charge in [0.2, 0.25) is 0 Å². The van der Waals surface area contributed by atoms with E-state index in [1.807, 2.05) is 24.4 Å². The van der Waals surface area contributed by atoms with E-state index < -0.39 is 5.97 Å². The summed E-state index contributed by atoms with van der Waals surface area (Å²) >= 11 is 6.19. The molecule has 1 aromatic heterocycles. The van der Waals surface area contributed by atoms with Crippen molar-refractivity contribution in [1.29, 1.82) is 0 Å². The summed E-state index contributed by atoms with van der Waals surface area (Å²) in [5.74, 6) is -0.743. The van der Waals surface area contributed by atoms with Gasteiger partial charge < -0.3 is 25.3 Å². The third kappa shape index (κ3) is 5.73. The maximum atomic E-state index is 12.2. The second kappa shape index (κ2) is 9.35. The Balaban J connectivity index is 1.64. The molecule has 0 radical (unpaired) electrons. The molecule has 0 saturated carbocycles. The van der Waals surface area contributed by atoms with Crippen LogP contribution in [0.25, 0.3) is 0 Å².